The Balaban J connectivity index is 1.43. The standard InChI is InChI=1S/C21H20N4O3/c1-14-4-2-3-5-15(14)13-23-21-22-9-8-17(25-21)20(26)24-16-6-7-18-19(12-16)28-11-10-27-18/h2-9,12H,10-11,13H2,1H3,(H,24,26)(H,22,23,25). The Morgan fingerprint density at radius 1 is 1.07 bits per heavy atom. The largest absolute Gasteiger partial charge is 0.486 e. The van der Waals surface area contributed by atoms with Crippen molar-refractivity contribution in [3.8, 4) is 11.5 Å². The van der Waals surface area contributed by atoms with Gasteiger partial charge in [-0.25, -0.2) is 9.97 Å². The monoisotopic (exact) mass is 376 g/mol. The van der Waals surface area contributed by atoms with Crippen LogP contribution in [0.1, 0.15) is 21.6 Å². The van der Waals surface area contributed by atoms with Gasteiger partial charge in [-0.1, -0.05) is 24.3 Å². The van der Waals surface area contributed by atoms with E-state index in [4.69, 9.17) is 9.47 Å². The number of rotatable bonds is 5. The van der Waals surface area contributed by atoms with Crippen molar-refractivity contribution >= 4 is 17.5 Å². The molecule has 4 rings (SSSR count). The van der Waals surface area contributed by atoms with Crippen molar-refractivity contribution in [3.63, 3.8) is 0 Å². The summed E-state index contributed by atoms with van der Waals surface area (Å²) in [5.41, 5.74) is 3.22. The van der Waals surface area contributed by atoms with E-state index in [1.807, 2.05) is 18.2 Å². The molecule has 0 bridgehead atoms. The first-order valence-corrected chi connectivity index (χ1v) is 9.01. The smallest absolute Gasteiger partial charge is 0.274 e. The Bertz CT molecular complexity index is 1010. The van der Waals surface area contributed by atoms with Gasteiger partial charge in [0.05, 0.1) is 0 Å². The van der Waals surface area contributed by atoms with Gasteiger partial charge in [0.2, 0.25) is 5.95 Å². The number of benzene rings is 2. The Hall–Kier alpha value is -3.61. The van der Waals surface area contributed by atoms with Crippen molar-refractivity contribution in [1.82, 2.24) is 9.97 Å². The molecule has 1 aliphatic rings. The molecule has 0 atom stereocenters. The van der Waals surface area contributed by atoms with Gasteiger partial charge in [0.25, 0.3) is 5.91 Å². The van der Waals surface area contributed by atoms with Crippen LogP contribution in [0.4, 0.5) is 11.6 Å². The van der Waals surface area contributed by atoms with E-state index >= 15 is 0 Å². The summed E-state index contributed by atoms with van der Waals surface area (Å²) in [7, 11) is 0. The molecule has 28 heavy (non-hydrogen) atoms. The molecule has 7 heteroatoms. The molecule has 0 fully saturated rings. The van der Waals surface area contributed by atoms with E-state index in [1.54, 1.807) is 30.5 Å². The maximum absolute atomic E-state index is 12.6. The van der Waals surface area contributed by atoms with Crippen LogP contribution in [0.3, 0.4) is 0 Å². The van der Waals surface area contributed by atoms with Crippen molar-refractivity contribution in [2.45, 2.75) is 13.5 Å². The average molecular weight is 376 g/mol. The molecule has 7 nitrogen and oxygen atoms in total. The molecule has 0 spiro atoms. The SMILES string of the molecule is Cc1ccccc1CNc1nccc(C(=O)Nc2ccc3c(c2)OCCO3)n1. The van der Waals surface area contributed by atoms with Crippen LogP contribution in [0.2, 0.25) is 0 Å². The summed E-state index contributed by atoms with van der Waals surface area (Å²) in [5, 5.41) is 5.99. The lowest BCUT2D eigenvalue weighted by molar-refractivity contribution is 0.102. The van der Waals surface area contributed by atoms with Crippen molar-refractivity contribution in [1.29, 1.82) is 0 Å². The third kappa shape index (κ3) is 4.03. The van der Waals surface area contributed by atoms with Gasteiger partial charge in [0.1, 0.15) is 18.9 Å². The summed E-state index contributed by atoms with van der Waals surface area (Å²) < 4.78 is 11.0. The van der Waals surface area contributed by atoms with Gasteiger partial charge in [-0.3, -0.25) is 4.79 Å². The normalized spacial score (nSPS) is 12.3. The lowest BCUT2D eigenvalue weighted by Crippen LogP contribution is -2.17. The Morgan fingerprint density at radius 3 is 2.75 bits per heavy atom. The number of fused-ring (bicyclic) bond motifs is 1. The second-order valence-corrected chi connectivity index (χ2v) is 6.36. The number of ether oxygens (including phenoxy) is 2. The van der Waals surface area contributed by atoms with Crippen LogP contribution in [-0.4, -0.2) is 29.1 Å². The molecule has 1 amide bonds. The summed E-state index contributed by atoms with van der Waals surface area (Å²) in [6.45, 7) is 3.65. The highest BCUT2D eigenvalue weighted by molar-refractivity contribution is 6.03. The summed E-state index contributed by atoms with van der Waals surface area (Å²) in [6.07, 6.45) is 1.56. The van der Waals surface area contributed by atoms with Crippen LogP contribution in [0.15, 0.2) is 54.7 Å². The van der Waals surface area contributed by atoms with Crippen molar-refractivity contribution in [3.05, 3.63) is 71.5 Å². The highest BCUT2D eigenvalue weighted by atomic mass is 16.6. The first kappa shape index (κ1) is 17.8. The number of aromatic nitrogens is 2. The summed E-state index contributed by atoms with van der Waals surface area (Å²) in [6, 6.07) is 14.9. The number of nitrogens with zero attached hydrogens (tertiary/aromatic N) is 2. The van der Waals surface area contributed by atoms with Gasteiger partial charge in [-0.15, -0.1) is 0 Å². The third-order valence-corrected chi connectivity index (χ3v) is 4.39. The van der Waals surface area contributed by atoms with Gasteiger partial charge in [0.15, 0.2) is 11.5 Å². The van der Waals surface area contributed by atoms with E-state index in [-0.39, 0.29) is 11.6 Å². The molecule has 0 saturated heterocycles. The fourth-order valence-electron chi connectivity index (χ4n) is 2.87. The van der Waals surface area contributed by atoms with Gasteiger partial charge in [-0.2, -0.15) is 0 Å². The van der Waals surface area contributed by atoms with Crippen LogP contribution in [0.5, 0.6) is 11.5 Å². The lowest BCUT2D eigenvalue weighted by Gasteiger charge is -2.19. The van der Waals surface area contributed by atoms with Gasteiger partial charge >= 0.3 is 0 Å². The second kappa shape index (κ2) is 7.96. The number of anilines is 2. The summed E-state index contributed by atoms with van der Waals surface area (Å²) in [4.78, 5) is 21.1. The van der Waals surface area contributed by atoms with Gasteiger partial charge in [-0.05, 0) is 36.2 Å². The van der Waals surface area contributed by atoms with Crippen LogP contribution in [0, 0.1) is 6.92 Å². The maximum Gasteiger partial charge on any atom is 0.274 e. The number of hydrogen-bond donors (Lipinski definition) is 2. The van der Waals surface area contributed by atoms with Gasteiger partial charge in [0, 0.05) is 24.5 Å². The number of hydrogen-bond acceptors (Lipinski definition) is 6. The van der Waals surface area contributed by atoms with Crippen molar-refractivity contribution in [2.75, 3.05) is 23.8 Å². The predicted octanol–water partition coefficient (Wildman–Crippen LogP) is 3.42. The molecule has 1 aromatic heterocycles. The minimum atomic E-state index is -0.321. The van der Waals surface area contributed by atoms with Crippen molar-refractivity contribution in [2.24, 2.45) is 0 Å². The minimum Gasteiger partial charge on any atom is -0.486 e. The number of aryl methyl sites for hydroxylation is 1. The highest BCUT2D eigenvalue weighted by Crippen LogP contribution is 2.32. The van der Waals surface area contributed by atoms with Crippen LogP contribution >= 0.6 is 0 Å². The van der Waals surface area contributed by atoms with Crippen LogP contribution in [-0.2, 0) is 6.54 Å². The molecule has 0 unspecified atom stereocenters. The summed E-state index contributed by atoms with van der Waals surface area (Å²) >= 11 is 0. The Morgan fingerprint density at radius 2 is 1.89 bits per heavy atom. The molecular formula is C21H20N4O3. The lowest BCUT2D eigenvalue weighted by atomic mass is 10.1. The van der Waals surface area contributed by atoms with E-state index in [9.17, 15) is 4.79 Å². The van der Waals surface area contributed by atoms with E-state index in [0.717, 1.165) is 5.56 Å². The zero-order valence-electron chi connectivity index (χ0n) is 15.4. The third-order valence-electron chi connectivity index (χ3n) is 4.39. The number of nitrogens with one attached hydrogen (secondary N) is 2. The van der Waals surface area contributed by atoms with E-state index in [0.29, 0.717) is 42.9 Å². The van der Waals surface area contributed by atoms with E-state index < -0.39 is 0 Å². The maximum atomic E-state index is 12.6. The second-order valence-electron chi connectivity index (χ2n) is 6.36. The summed E-state index contributed by atoms with van der Waals surface area (Å²) in [5.74, 6) is 1.37. The molecular weight excluding hydrogens is 356 g/mol. The zero-order valence-corrected chi connectivity index (χ0v) is 15.4. The number of carbonyl (C=O) groups is 1. The first-order chi connectivity index (χ1) is 13.7. The fraction of sp³-hybridized carbons (Fsp3) is 0.190. The van der Waals surface area contributed by atoms with E-state index in [2.05, 4.69) is 33.6 Å². The molecule has 2 N–H and O–H groups in total. The fourth-order valence-corrected chi connectivity index (χ4v) is 2.87. The van der Waals surface area contributed by atoms with Gasteiger partial charge < -0.3 is 20.1 Å². The zero-order chi connectivity index (χ0) is 19.3. The number of amides is 1. The molecule has 0 saturated carbocycles. The topological polar surface area (TPSA) is 85.4 Å². The molecule has 2 aromatic carbocycles. The predicted molar refractivity (Wildman–Crippen MR) is 106 cm³/mol. The van der Waals surface area contributed by atoms with Crippen molar-refractivity contribution < 1.29 is 14.3 Å². The minimum absolute atomic E-state index is 0.275. The molecule has 142 valence electrons. The Kier molecular flexibility index (Phi) is 5.05. The molecule has 0 aliphatic carbocycles. The molecule has 0 radical (unpaired) electrons. The highest BCUT2D eigenvalue weighted by Gasteiger charge is 2.14. The quantitative estimate of drug-likeness (QED) is 0.710. The van der Waals surface area contributed by atoms with E-state index in [1.165, 1.54) is 5.56 Å². The Labute approximate surface area is 162 Å². The molecule has 3 aromatic rings. The average Bonchev–Trinajstić information content (AvgIpc) is 2.73. The number of carbonyl (C=O) groups excluding carboxylic acids is 1. The van der Waals surface area contributed by atoms with Crippen LogP contribution in [0.25, 0.3) is 0 Å². The van der Waals surface area contributed by atoms with Crippen LogP contribution < -0.4 is 20.1 Å². The molecule has 1 aliphatic heterocycles. The first-order valence-electron chi connectivity index (χ1n) is 9.01. The molecule has 2 heterocycles.